The lowest BCUT2D eigenvalue weighted by Gasteiger charge is -2.06. The summed E-state index contributed by atoms with van der Waals surface area (Å²) in [7, 11) is 0. The Morgan fingerprint density at radius 3 is 2.71 bits per heavy atom. The van der Waals surface area contributed by atoms with Gasteiger partial charge in [0, 0.05) is 6.54 Å². The van der Waals surface area contributed by atoms with Gasteiger partial charge >= 0.3 is 0 Å². The fraction of sp³-hybridized carbons (Fsp3) is 0.0909. The summed E-state index contributed by atoms with van der Waals surface area (Å²) >= 11 is 1.89. The third-order valence-electron chi connectivity index (χ3n) is 2.14. The Balaban J connectivity index is 2.25. The van der Waals surface area contributed by atoms with Crippen molar-refractivity contribution in [2.75, 3.05) is 0 Å². The molecule has 0 amide bonds. The van der Waals surface area contributed by atoms with Gasteiger partial charge in [-0.2, -0.15) is 0 Å². The van der Waals surface area contributed by atoms with Crippen LogP contribution in [0.5, 0.6) is 11.6 Å². The van der Waals surface area contributed by atoms with Crippen molar-refractivity contribution in [1.82, 2.24) is 9.97 Å². The second-order valence-corrected chi connectivity index (χ2v) is 4.38. The van der Waals surface area contributed by atoms with Crippen molar-refractivity contribution >= 4 is 22.6 Å². The lowest BCUT2D eigenvalue weighted by molar-refractivity contribution is 0.456. The first-order valence-electron chi connectivity index (χ1n) is 4.91. The number of halogens is 1. The second kappa shape index (κ2) is 5.28. The molecule has 6 heteroatoms. The predicted octanol–water partition coefficient (Wildman–Crippen LogP) is 1.63. The topological polar surface area (TPSA) is 81.0 Å². The van der Waals surface area contributed by atoms with E-state index in [4.69, 9.17) is 10.5 Å². The van der Waals surface area contributed by atoms with Gasteiger partial charge in [-0.3, -0.25) is 4.79 Å². The number of nitrogens with zero attached hydrogens (tertiary/aromatic N) is 1. The molecule has 88 valence electrons. The first kappa shape index (κ1) is 12.1. The van der Waals surface area contributed by atoms with Crippen LogP contribution in [0, 0.1) is 3.57 Å². The van der Waals surface area contributed by atoms with Gasteiger partial charge in [0.25, 0.3) is 5.56 Å². The number of nitrogens with one attached hydrogen (secondary N) is 1. The first-order valence-corrected chi connectivity index (χ1v) is 5.98. The van der Waals surface area contributed by atoms with Crippen molar-refractivity contribution < 1.29 is 4.74 Å². The van der Waals surface area contributed by atoms with Crippen LogP contribution < -0.4 is 16.0 Å². The van der Waals surface area contributed by atoms with Crippen molar-refractivity contribution in [1.29, 1.82) is 0 Å². The molecule has 17 heavy (non-hydrogen) atoms. The molecule has 0 spiro atoms. The minimum Gasteiger partial charge on any atom is -0.438 e. The normalized spacial score (nSPS) is 10.2. The summed E-state index contributed by atoms with van der Waals surface area (Å²) in [5.74, 6) is 0.924. The molecule has 2 aromatic rings. The highest BCUT2D eigenvalue weighted by molar-refractivity contribution is 14.1. The number of aromatic nitrogens is 2. The minimum atomic E-state index is -0.214. The molecule has 0 aliphatic rings. The van der Waals surface area contributed by atoms with Gasteiger partial charge in [-0.15, -0.1) is 0 Å². The van der Waals surface area contributed by atoms with Gasteiger partial charge in [0.1, 0.15) is 9.32 Å². The molecule has 1 aromatic carbocycles. The highest BCUT2D eigenvalue weighted by atomic mass is 127. The third kappa shape index (κ3) is 2.83. The largest absolute Gasteiger partial charge is 0.438 e. The molecule has 0 radical (unpaired) electrons. The molecule has 0 aliphatic heterocycles. The first-order chi connectivity index (χ1) is 8.20. The number of hydrogen-bond acceptors (Lipinski definition) is 4. The summed E-state index contributed by atoms with van der Waals surface area (Å²) in [6.45, 7) is 0.487. The van der Waals surface area contributed by atoms with Crippen LogP contribution in [-0.4, -0.2) is 9.97 Å². The van der Waals surface area contributed by atoms with Crippen molar-refractivity contribution in [2.45, 2.75) is 6.54 Å². The molecule has 3 N–H and O–H groups in total. The van der Waals surface area contributed by atoms with E-state index in [9.17, 15) is 4.79 Å². The van der Waals surface area contributed by atoms with Crippen molar-refractivity contribution in [3.63, 3.8) is 0 Å². The quantitative estimate of drug-likeness (QED) is 0.830. The number of aromatic amines is 1. The number of hydrogen-bond donors (Lipinski definition) is 2. The Hall–Kier alpha value is -1.41. The molecule has 1 aromatic heterocycles. The van der Waals surface area contributed by atoms with Crippen LogP contribution in [0.2, 0.25) is 0 Å². The summed E-state index contributed by atoms with van der Waals surface area (Å²) in [5, 5.41) is 0. The van der Waals surface area contributed by atoms with Crippen LogP contribution in [0.4, 0.5) is 0 Å². The maximum absolute atomic E-state index is 11.3. The van der Waals surface area contributed by atoms with Crippen LogP contribution in [0.25, 0.3) is 0 Å². The number of ether oxygens (including phenoxy) is 1. The summed E-state index contributed by atoms with van der Waals surface area (Å²) < 4.78 is 5.93. The molecule has 5 nitrogen and oxygen atoms in total. The SMILES string of the molecule is NCc1ccc(Oc2nc[nH]c(=O)c2I)cc1. The van der Waals surface area contributed by atoms with Crippen LogP contribution in [-0.2, 0) is 6.54 Å². The lowest BCUT2D eigenvalue weighted by Crippen LogP contribution is -2.11. The van der Waals surface area contributed by atoms with E-state index in [-0.39, 0.29) is 5.56 Å². The van der Waals surface area contributed by atoms with Crippen LogP contribution in [0.1, 0.15) is 5.56 Å². The minimum absolute atomic E-state index is 0.214. The molecule has 0 saturated carbocycles. The molecule has 1 heterocycles. The number of rotatable bonds is 3. The van der Waals surface area contributed by atoms with Gasteiger partial charge < -0.3 is 15.5 Å². The molecule has 0 saturated heterocycles. The zero-order valence-electron chi connectivity index (χ0n) is 8.81. The molecule has 0 bridgehead atoms. The molecule has 0 fully saturated rings. The molecule has 0 aliphatic carbocycles. The van der Waals surface area contributed by atoms with Gasteiger partial charge in [-0.05, 0) is 40.3 Å². The number of nitrogens with two attached hydrogens (primary N) is 1. The number of H-pyrrole nitrogens is 1. The van der Waals surface area contributed by atoms with Crippen molar-refractivity contribution in [3.05, 3.63) is 50.1 Å². The highest BCUT2D eigenvalue weighted by Crippen LogP contribution is 2.21. The second-order valence-electron chi connectivity index (χ2n) is 3.30. The van der Waals surface area contributed by atoms with Crippen molar-refractivity contribution in [3.8, 4) is 11.6 Å². The van der Waals surface area contributed by atoms with E-state index < -0.39 is 0 Å². The maximum Gasteiger partial charge on any atom is 0.268 e. The Bertz CT molecular complexity index is 566. The monoisotopic (exact) mass is 343 g/mol. The lowest BCUT2D eigenvalue weighted by atomic mass is 10.2. The smallest absolute Gasteiger partial charge is 0.268 e. The van der Waals surface area contributed by atoms with E-state index >= 15 is 0 Å². The van der Waals surface area contributed by atoms with Crippen LogP contribution in [0.15, 0.2) is 35.4 Å². The van der Waals surface area contributed by atoms with E-state index in [0.717, 1.165) is 5.56 Å². The number of benzene rings is 1. The Kier molecular flexibility index (Phi) is 3.75. The average Bonchev–Trinajstić information content (AvgIpc) is 2.36. The van der Waals surface area contributed by atoms with E-state index in [1.165, 1.54) is 6.33 Å². The third-order valence-corrected chi connectivity index (χ3v) is 3.09. The molecular weight excluding hydrogens is 333 g/mol. The predicted molar refractivity (Wildman–Crippen MR) is 72.0 cm³/mol. The van der Waals surface area contributed by atoms with E-state index in [1.807, 2.05) is 34.7 Å². The molecule has 2 rings (SSSR count). The zero-order valence-corrected chi connectivity index (χ0v) is 11.0. The zero-order chi connectivity index (χ0) is 12.3. The van der Waals surface area contributed by atoms with Crippen LogP contribution in [0.3, 0.4) is 0 Å². The Morgan fingerprint density at radius 1 is 1.35 bits per heavy atom. The van der Waals surface area contributed by atoms with Gasteiger partial charge in [0.15, 0.2) is 0 Å². The van der Waals surface area contributed by atoms with Gasteiger partial charge in [0.05, 0.1) is 6.33 Å². The molecule has 0 atom stereocenters. The van der Waals surface area contributed by atoms with Gasteiger partial charge in [-0.25, -0.2) is 4.98 Å². The van der Waals surface area contributed by atoms with Gasteiger partial charge in [-0.1, -0.05) is 12.1 Å². The summed E-state index contributed by atoms with van der Waals surface area (Å²) in [6.07, 6.45) is 1.31. The Labute approximate surface area is 111 Å². The van der Waals surface area contributed by atoms with E-state index in [0.29, 0.717) is 21.7 Å². The maximum atomic E-state index is 11.3. The fourth-order valence-corrected chi connectivity index (χ4v) is 1.65. The van der Waals surface area contributed by atoms with E-state index in [1.54, 1.807) is 12.1 Å². The van der Waals surface area contributed by atoms with Gasteiger partial charge in [0.2, 0.25) is 5.88 Å². The summed E-state index contributed by atoms with van der Waals surface area (Å²) in [5.41, 5.74) is 6.30. The Morgan fingerprint density at radius 2 is 2.06 bits per heavy atom. The highest BCUT2D eigenvalue weighted by Gasteiger charge is 2.07. The van der Waals surface area contributed by atoms with Crippen molar-refractivity contribution in [2.24, 2.45) is 5.73 Å². The van der Waals surface area contributed by atoms with Crippen LogP contribution >= 0.6 is 22.6 Å². The average molecular weight is 343 g/mol. The molecular formula is C11H10IN3O2. The summed E-state index contributed by atoms with van der Waals surface area (Å²) in [6, 6.07) is 7.33. The van der Waals surface area contributed by atoms with E-state index in [2.05, 4.69) is 9.97 Å². The standard InChI is InChI=1S/C11H10IN3O2/c12-9-10(16)14-6-15-11(9)17-8-3-1-7(5-13)2-4-8/h1-4,6H,5,13H2,(H,14,15,16). The fourth-order valence-electron chi connectivity index (χ4n) is 1.24. The summed E-state index contributed by atoms with van der Waals surface area (Å²) in [4.78, 5) is 17.8. The molecule has 0 unspecified atom stereocenters.